The Morgan fingerprint density at radius 3 is 2.78 bits per heavy atom. The van der Waals surface area contributed by atoms with Gasteiger partial charge in [-0.3, -0.25) is 9.59 Å². The minimum Gasteiger partial charge on any atom is -0.453 e. The van der Waals surface area contributed by atoms with Crippen LogP contribution in [0.1, 0.15) is 17.5 Å². The van der Waals surface area contributed by atoms with Gasteiger partial charge in [0, 0.05) is 36.3 Å². The highest BCUT2D eigenvalue weighted by atomic mass is 16.3. The van der Waals surface area contributed by atoms with Crippen LogP contribution >= 0.6 is 0 Å². The summed E-state index contributed by atoms with van der Waals surface area (Å²) in [6.07, 6.45) is 0.253. The number of aromatic nitrogens is 1. The molecule has 3 N–H and O–H groups in total. The van der Waals surface area contributed by atoms with Crippen LogP contribution in [0.25, 0.3) is 22.6 Å². The number of nitrogens with two attached hydrogens (primary N) is 1. The van der Waals surface area contributed by atoms with Crippen molar-refractivity contribution in [3.8, 4) is 11.5 Å². The van der Waals surface area contributed by atoms with Crippen molar-refractivity contribution in [2.24, 2.45) is 5.73 Å². The lowest BCUT2D eigenvalue weighted by Crippen LogP contribution is -2.16. The summed E-state index contributed by atoms with van der Waals surface area (Å²) < 4.78 is 5.81. The summed E-state index contributed by atoms with van der Waals surface area (Å²) >= 11 is 0. The van der Waals surface area contributed by atoms with Crippen LogP contribution < -0.4 is 16.5 Å². The van der Waals surface area contributed by atoms with E-state index in [1.807, 2.05) is 6.92 Å². The summed E-state index contributed by atoms with van der Waals surface area (Å²) in [7, 11) is 0. The first-order chi connectivity index (χ1) is 11.0. The average Bonchev–Trinajstić information content (AvgIpc) is 2.51. The molecule has 0 saturated heterocycles. The number of hydrogen-bond acceptors (Lipinski definition) is 5. The summed E-state index contributed by atoms with van der Waals surface area (Å²) in [5.74, 6) is 0.282. The van der Waals surface area contributed by atoms with Crippen LogP contribution in [0.15, 0.2) is 33.5 Å². The highest BCUT2D eigenvalue weighted by molar-refractivity contribution is 5.93. The highest BCUT2D eigenvalue weighted by Crippen LogP contribution is 2.29. The van der Waals surface area contributed by atoms with Crippen LogP contribution in [0.5, 0.6) is 0 Å². The van der Waals surface area contributed by atoms with Crippen LogP contribution in [0, 0.1) is 13.8 Å². The summed E-state index contributed by atoms with van der Waals surface area (Å²) in [6, 6.07) is 6.67. The van der Waals surface area contributed by atoms with Crippen molar-refractivity contribution in [2.75, 3.05) is 11.9 Å². The van der Waals surface area contributed by atoms with Gasteiger partial charge in [-0.2, -0.15) is 0 Å². The summed E-state index contributed by atoms with van der Waals surface area (Å²) in [5, 5.41) is 2.75. The topological polar surface area (TPSA) is 98.2 Å². The number of anilines is 1. The lowest BCUT2D eigenvalue weighted by molar-refractivity contribution is -0.116. The van der Waals surface area contributed by atoms with Gasteiger partial charge in [-0.15, -0.1) is 0 Å². The molecule has 1 heterocycles. The Morgan fingerprint density at radius 1 is 1.26 bits per heavy atom. The van der Waals surface area contributed by atoms with E-state index in [-0.39, 0.29) is 17.8 Å². The smallest absolute Gasteiger partial charge is 0.225 e. The quantitative estimate of drug-likeness (QED) is 0.723. The third-order valence-corrected chi connectivity index (χ3v) is 3.85. The molecular formula is C17H17N3O3. The van der Waals surface area contributed by atoms with Crippen molar-refractivity contribution in [1.82, 2.24) is 4.98 Å². The van der Waals surface area contributed by atoms with Gasteiger partial charge in [-0.25, -0.2) is 4.98 Å². The number of hydrogen-bond donors (Lipinski definition) is 2. The Morgan fingerprint density at radius 2 is 2.04 bits per heavy atom. The van der Waals surface area contributed by atoms with Gasteiger partial charge in [0.2, 0.25) is 5.91 Å². The summed E-state index contributed by atoms with van der Waals surface area (Å²) in [4.78, 5) is 28.1. The normalized spacial score (nSPS) is 11.1. The molecule has 0 saturated carbocycles. The third-order valence-electron chi connectivity index (χ3n) is 3.85. The molecule has 2 aliphatic rings. The molecule has 0 atom stereocenters. The average molecular weight is 311 g/mol. The van der Waals surface area contributed by atoms with E-state index < -0.39 is 0 Å². The fourth-order valence-electron chi connectivity index (χ4n) is 2.42. The van der Waals surface area contributed by atoms with E-state index in [1.54, 1.807) is 25.1 Å². The molecule has 0 radical (unpaired) electrons. The molecule has 1 aromatic carbocycles. The molecule has 1 aliphatic carbocycles. The Bertz CT molecular complexity index is 930. The first-order valence-electron chi connectivity index (χ1n) is 7.34. The molecule has 1 aromatic rings. The molecule has 0 unspecified atom stereocenters. The van der Waals surface area contributed by atoms with E-state index in [0.29, 0.717) is 40.3 Å². The number of carbonyl (C=O) groups is 1. The second-order valence-electron chi connectivity index (χ2n) is 5.45. The largest absolute Gasteiger partial charge is 0.453 e. The Balaban J connectivity index is 2.12. The maximum absolute atomic E-state index is 11.9. The lowest BCUT2D eigenvalue weighted by atomic mass is 10.0. The molecule has 0 aromatic heterocycles. The molecule has 0 spiro atoms. The zero-order chi connectivity index (χ0) is 16.6. The van der Waals surface area contributed by atoms with Crippen molar-refractivity contribution in [3.63, 3.8) is 0 Å². The van der Waals surface area contributed by atoms with Crippen molar-refractivity contribution < 1.29 is 9.21 Å². The molecular weight excluding hydrogens is 294 g/mol. The van der Waals surface area contributed by atoms with E-state index in [0.717, 1.165) is 5.56 Å². The molecule has 118 valence electrons. The van der Waals surface area contributed by atoms with Crippen LogP contribution in [0.4, 0.5) is 5.69 Å². The first kappa shape index (κ1) is 15.2. The van der Waals surface area contributed by atoms with Gasteiger partial charge in [0.05, 0.1) is 0 Å². The number of rotatable bonds is 3. The number of carbonyl (C=O) groups excluding carboxylic acids is 1. The van der Waals surface area contributed by atoms with E-state index in [4.69, 9.17) is 10.2 Å². The molecule has 1 aliphatic heterocycles. The number of nitrogens with zero attached hydrogens (tertiary/aromatic N) is 1. The molecule has 1 amide bonds. The lowest BCUT2D eigenvalue weighted by Gasteiger charge is -2.11. The second kappa shape index (κ2) is 5.81. The number of benzene rings is 2. The van der Waals surface area contributed by atoms with Crippen molar-refractivity contribution >= 4 is 22.7 Å². The SMILES string of the molecule is Cc1c2nc3ccc(NC(=O)CCN)cc3oc-2cc(=O)c1C. The fourth-order valence-corrected chi connectivity index (χ4v) is 2.42. The minimum absolute atomic E-state index is 0.0766. The summed E-state index contributed by atoms with van der Waals surface area (Å²) in [6.45, 7) is 3.93. The maximum atomic E-state index is 11.9. The zero-order valence-corrected chi connectivity index (χ0v) is 13.0. The number of nitrogens with one attached hydrogen (secondary N) is 1. The van der Waals surface area contributed by atoms with Gasteiger partial charge in [0.1, 0.15) is 11.2 Å². The highest BCUT2D eigenvalue weighted by Gasteiger charge is 2.16. The molecule has 0 bridgehead atoms. The predicted molar refractivity (Wildman–Crippen MR) is 88.7 cm³/mol. The first-order valence-corrected chi connectivity index (χ1v) is 7.34. The third kappa shape index (κ3) is 2.80. The minimum atomic E-state index is -0.158. The van der Waals surface area contributed by atoms with Crippen LogP contribution in [-0.4, -0.2) is 17.4 Å². The molecule has 6 heteroatoms. The van der Waals surface area contributed by atoms with Gasteiger partial charge in [-0.05, 0) is 31.5 Å². The summed E-state index contributed by atoms with van der Waals surface area (Å²) in [5.41, 5.74) is 9.22. The van der Waals surface area contributed by atoms with E-state index in [2.05, 4.69) is 10.3 Å². The van der Waals surface area contributed by atoms with Crippen LogP contribution in [0.2, 0.25) is 0 Å². The maximum Gasteiger partial charge on any atom is 0.225 e. The molecule has 23 heavy (non-hydrogen) atoms. The van der Waals surface area contributed by atoms with Gasteiger partial charge < -0.3 is 15.5 Å². The van der Waals surface area contributed by atoms with E-state index in [1.165, 1.54) is 6.07 Å². The Kier molecular flexibility index (Phi) is 3.83. The molecule has 6 nitrogen and oxygen atoms in total. The Labute approximate surface area is 132 Å². The monoisotopic (exact) mass is 311 g/mol. The molecule has 0 fully saturated rings. The predicted octanol–water partition coefficient (Wildman–Crippen LogP) is 2.20. The van der Waals surface area contributed by atoms with Crippen molar-refractivity contribution in [3.05, 3.63) is 45.6 Å². The number of amides is 1. The standard InChI is InChI=1S/C17H17N3O3/c1-9-10(2)17-15(8-13(9)21)23-14-7-11(3-4-12(14)20-17)19-16(22)5-6-18/h3-4,7-8H,5-6,18H2,1-2H3,(H,19,22). The van der Waals surface area contributed by atoms with Gasteiger partial charge >= 0.3 is 0 Å². The van der Waals surface area contributed by atoms with Crippen molar-refractivity contribution in [1.29, 1.82) is 0 Å². The molecule has 3 rings (SSSR count). The second-order valence-corrected chi connectivity index (χ2v) is 5.45. The van der Waals surface area contributed by atoms with Crippen LogP contribution in [0.3, 0.4) is 0 Å². The van der Waals surface area contributed by atoms with Gasteiger partial charge in [0.25, 0.3) is 0 Å². The van der Waals surface area contributed by atoms with Crippen molar-refractivity contribution in [2.45, 2.75) is 20.3 Å². The Hall–Kier alpha value is -2.73. The fraction of sp³-hybridized carbons (Fsp3) is 0.235. The van der Waals surface area contributed by atoms with E-state index in [9.17, 15) is 9.59 Å². The van der Waals surface area contributed by atoms with Gasteiger partial charge in [0.15, 0.2) is 16.8 Å². The van der Waals surface area contributed by atoms with Gasteiger partial charge in [-0.1, -0.05) is 0 Å². The van der Waals surface area contributed by atoms with Crippen LogP contribution in [-0.2, 0) is 4.79 Å². The van der Waals surface area contributed by atoms with E-state index >= 15 is 0 Å². The zero-order valence-electron chi connectivity index (χ0n) is 13.0. The number of fused-ring (bicyclic) bond motifs is 2.